The minimum absolute atomic E-state index is 0.208. The van der Waals surface area contributed by atoms with Crippen molar-refractivity contribution in [2.45, 2.75) is 56.8 Å². The summed E-state index contributed by atoms with van der Waals surface area (Å²) in [6.07, 6.45) is 6.03. The summed E-state index contributed by atoms with van der Waals surface area (Å²) < 4.78 is 10.5. The summed E-state index contributed by atoms with van der Waals surface area (Å²) in [7, 11) is 0. The van der Waals surface area contributed by atoms with Crippen molar-refractivity contribution < 1.29 is 14.1 Å². The molecule has 1 aromatic heterocycles. The van der Waals surface area contributed by atoms with Crippen LogP contribution in [0, 0.1) is 0 Å². The van der Waals surface area contributed by atoms with Crippen molar-refractivity contribution in [1.29, 1.82) is 0 Å². The number of aromatic nitrogens is 2. The smallest absolute Gasteiger partial charge is 0.321 e. The van der Waals surface area contributed by atoms with Crippen LogP contribution in [0.3, 0.4) is 0 Å². The molecule has 2 aliphatic rings. The van der Waals surface area contributed by atoms with Gasteiger partial charge < -0.3 is 9.26 Å². The van der Waals surface area contributed by atoms with Gasteiger partial charge in [0.2, 0.25) is 5.89 Å². The Morgan fingerprint density at radius 2 is 2.22 bits per heavy atom. The summed E-state index contributed by atoms with van der Waals surface area (Å²) in [6.45, 7) is 2.21. The molecule has 5 heteroatoms. The van der Waals surface area contributed by atoms with E-state index in [2.05, 4.69) is 10.1 Å². The fraction of sp³-hybridized carbons (Fsp3) is 0.769. The van der Waals surface area contributed by atoms with Crippen LogP contribution in [0.4, 0.5) is 0 Å². The predicted octanol–water partition coefficient (Wildman–Crippen LogP) is 2.32. The SMILES string of the molecule is CCOC(=O)C1(c2nc(C3CCC3)no2)CCC1. The van der Waals surface area contributed by atoms with Crippen LogP contribution in [0.15, 0.2) is 4.52 Å². The van der Waals surface area contributed by atoms with Crippen molar-refractivity contribution in [1.82, 2.24) is 10.1 Å². The highest BCUT2D eigenvalue weighted by molar-refractivity contribution is 5.83. The Morgan fingerprint density at radius 3 is 2.72 bits per heavy atom. The molecule has 98 valence electrons. The average molecular weight is 250 g/mol. The molecule has 0 N–H and O–H groups in total. The lowest BCUT2D eigenvalue weighted by atomic mass is 9.68. The molecule has 0 aromatic carbocycles. The van der Waals surface area contributed by atoms with Crippen LogP contribution in [0.5, 0.6) is 0 Å². The van der Waals surface area contributed by atoms with Crippen molar-refractivity contribution in [2.24, 2.45) is 0 Å². The lowest BCUT2D eigenvalue weighted by Gasteiger charge is -2.35. The lowest BCUT2D eigenvalue weighted by molar-refractivity contribution is -0.155. The van der Waals surface area contributed by atoms with E-state index in [0.717, 1.165) is 37.9 Å². The molecule has 2 saturated carbocycles. The molecule has 3 rings (SSSR count). The fourth-order valence-corrected chi connectivity index (χ4v) is 2.57. The number of nitrogens with zero attached hydrogens (tertiary/aromatic N) is 2. The summed E-state index contributed by atoms with van der Waals surface area (Å²) in [5, 5.41) is 4.03. The molecule has 0 radical (unpaired) electrons. The Labute approximate surface area is 106 Å². The number of ether oxygens (including phenoxy) is 1. The molecule has 0 saturated heterocycles. The van der Waals surface area contributed by atoms with E-state index in [1.54, 1.807) is 0 Å². The fourth-order valence-electron chi connectivity index (χ4n) is 2.57. The third-order valence-electron chi connectivity index (χ3n) is 4.19. The molecule has 0 atom stereocenters. The third kappa shape index (κ3) is 1.64. The second-order valence-electron chi connectivity index (χ2n) is 5.24. The molecular formula is C13H18N2O3. The maximum Gasteiger partial charge on any atom is 0.321 e. The largest absolute Gasteiger partial charge is 0.465 e. The summed E-state index contributed by atoms with van der Waals surface area (Å²) in [4.78, 5) is 16.5. The Morgan fingerprint density at radius 1 is 1.44 bits per heavy atom. The van der Waals surface area contributed by atoms with Crippen molar-refractivity contribution in [3.05, 3.63) is 11.7 Å². The zero-order valence-corrected chi connectivity index (χ0v) is 10.6. The number of hydrogen-bond donors (Lipinski definition) is 0. The topological polar surface area (TPSA) is 65.2 Å². The number of esters is 1. The second kappa shape index (κ2) is 4.37. The highest BCUT2D eigenvalue weighted by Gasteiger charge is 2.52. The van der Waals surface area contributed by atoms with Crippen LogP contribution in [-0.2, 0) is 14.9 Å². The first-order valence-electron chi connectivity index (χ1n) is 6.77. The first kappa shape index (κ1) is 11.7. The van der Waals surface area contributed by atoms with Crippen LogP contribution in [0.25, 0.3) is 0 Å². The first-order chi connectivity index (χ1) is 8.76. The lowest BCUT2D eigenvalue weighted by Crippen LogP contribution is -2.44. The summed E-state index contributed by atoms with van der Waals surface area (Å²) in [6, 6.07) is 0. The summed E-state index contributed by atoms with van der Waals surface area (Å²) in [5.74, 6) is 1.46. The van der Waals surface area contributed by atoms with Crippen LogP contribution in [-0.4, -0.2) is 22.7 Å². The summed E-state index contributed by atoms with van der Waals surface area (Å²) >= 11 is 0. The molecule has 2 aliphatic carbocycles. The molecule has 5 nitrogen and oxygen atoms in total. The second-order valence-corrected chi connectivity index (χ2v) is 5.24. The molecular weight excluding hydrogens is 232 g/mol. The van der Waals surface area contributed by atoms with Crippen LogP contribution in [0.2, 0.25) is 0 Å². The number of hydrogen-bond acceptors (Lipinski definition) is 5. The van der Waals surface area contributed by atoms with Crippen LogP contribution < -0.4 is 0 Å². The van der Waals surface area contributed by atoms with Crippen LogP contribution >= 0.6 is 0 Å². The average Bonchev–Trinajstić information content (AvgIpc) is 2.63. The molecule has 0 amide bonds. The molecule has 1 aromatic rings. The van der Waals surface area contributed by atoms with Gasteiger partial charge in [-0.05, 0) is 32.6 Å². The maximum atomic E-state index is 12.1. The highest BCUT2D eigenvalue weighted by atomic mass is 16.5. The number of rotatable bonds is 4. The van der Waals surface area contributed by atoms with Gasteiger partial charge in [0.05, 0.1) is 6.61 Å². The van der Waals surface area contributed by atoms with Gasteiger partial charge in [0, 0.05) is 5.92 Å². The van der Waals surface area contributed by atoms with Gasteiger partial charge in [0.25, 0.3) is 0 Å². The molecule has 0 spiro atoms. The monoisotopic (exact) mass is 250 g/mol. The molecule has 2 fully saturated rings. The van der Waals surface area contributed by atoms with E-state index in [-0.39, 0.29) is 5.97 Å². The summed E-state index contributed by atoms with van der Waals surface area (Å²) in [5.41, 5.74) is -0.648. The van der Waals surface area contributed by atoms with Gasteiger partial charge >= 0.3 is 5.97 Å². The van der Waals surface area contributed by atoms with Gasteiger partial charge in [0.15, 0.2) is 5.82 Å². The standard InChI is InChI=1S/C13H18N2O3/c1-2-17-12(16)13(7-4-8-13)11-14-10(15-18-11)9-5-3-6-9/h9H,2-8H2,1H3. The highest BCUT2D eigenvalue weighted by Crippen LogP contribution is 2.45. The van der Waals surface area contributed by atoms with Gasteiger partial charge in [-0.15, -0.1) is 0 Å². The zero-order valence-electron chi connectivity index (χ0n) is 10.6. The van der Waals surface area contributed by atoms with Gasteiger partial charge in [-0.2, -0.15) is 4.98 Å². The van der Waals surface area contributed by atoms with E-state index in [9.17, 15) is 4.79 Å². The van der Waals surface area contributed by atoms with Gasteiger partial charge in [-0.1, -0.05) is 18.0 Å². The Hall–Kier alpha value is -1.39. The molecule has 18 heavy (non-hydrogen) atoms. The minimum Gasteiger partial charge on any atom is -0.465 e. The van der Waals surface area contributed by atoms with E-state index in [1.165, 1.54) is 6.42 Å². The Bertz CT molecular complexity index is 447. The minimum atomic E-state index is -0.648. The third-order valence-corrected chi connectivity index (χ3v) is 4.19. The maximum absolute atomic E-state index is 12.1. The van der Waals surface area contributed by atoms with E-state index in [1.807, 2.05) is 6.92 Å². The van der Waals surface area contributed by atoms with E-state index >= 15 is 0 Å². The van der Waals surface area contributed by atoms with E-state index in [0.29, 0.717) is 18.4 Å². The Balaban J connectivity index is 1.82. The van der Waals surface area contributed by atoms with Gasteiger partial charge in [0.1, 0.15) is 5.41 Å². The first-order valence-corrected chi connectivity index (χ1v) is 6.77. The van der Waals surface area contributed by atoms with Gasteiger partial charge in [-0.3, -0.25) is 4.79 Å². The van der Waals surface area contributed by atoms with Gasteiger partial charge in [-0.25, -0.2) is 0 Å². The molecule has 0 unspecified atom stereocenters. The molecule has 0 aliphatic heterocycles. The Kier molecular flexibility index (Phi) is 2.84. The van der Waals surface area contributed by atoms with Crippen molar-refractivity contribution >= 4 is 5.97 Å². The predicted molar refractivity (Wildman–Crippen MR) is 63.1 cm³/mol. The quantitative estimate of drug-likeness (QED) is 0.767. The number of carbonyl (C=O) groups is 1. The van der Waals surface area contributed by atoms with E-state index in [4.69, 9.17) is 9.26 Å². The number of carbonyl (C=O) groups excluding carboxylic acids is 1. The van der Waals surface area contributed by atoms with Crippen molar-refractivity contribution in [3.8, 4) is 0 Å². The zero-order chi connectivity index (χ0) is 12.6. The normalized spacial score (nSPS) is 22.1. The molecule has 1 heterocycles. The van der Waals surface area contributed by atoms with Crippen LogP contribution in [0.1, 0.15) is 63.1 Å². The van der Waals surface area contributed by atoms with Crippen molar-refractivity contribution in [2.75, 3.05) is 6.61 Å². The molecule has 0 bridgehead atoms. The van der Waals surface area contributed by atoms with Crippen molar-refractivity contribution in [3.63, 3.8) is 0 Å². The van der Waals surface area contributed by atoms with E-state index < -0.39 is 5.41 Å².